The highest BCUT2D eigenvalue weighted by atomic mass is 79.9. The Balaban J connectivity index is 1.89. The summed E-state index contributed by atoms with van der Waals surface area (Å²) in [7, 11) is 0. The molecule has 12 heteroatoms. The van der Waals surface area contributed by atoms with Crippen LogP contribution in [0, 0.1) is 0 Å². The molecule has 2 heterocycles. The van der Waals surface area contributed by atoms with Gasteiger partial charge in [0.05, 0.1) is 5.69 Å². The third kappa shape index (κ3) is 3.41. The largest absolute Gasteiger partial charge is 0.573 e. The first-order chi connectivity index (χ1) is 10.8. The van der Waals surface area contributed by atoms with E-state index in [1.54, 1.807) is 0 Å². The second kappa shape index (κ2) is 5.53. The molecule has 0 bridgehead atoms. The Bertz CT molecular complexity index is 923. The monoisotopic (exact) mass is 391 g/mol. The molecule has 0 atom stereocenters. The number of hydrogen-bond acceptors (Lipinski definition) is 7. The van der Waals surface area contributed by atoms with Crippen LogP contribution in [0.2, 0.25) is 0 Å². The molecule has 2 aromatic heterocycles. The van der Waals surface area contributed by atoms with Gasteiger partial charge < -0.3 is 10.1 Å². The molecule has 0 saturated carbocycles. The molecule has 0 aliphatic heterocycles. The summed E-state index contributed by atoms with van der Waals surface area (Å²) in [6.45, 7) is 0. The third-order valence-electron chi connectivity index (χ3n) is 2.56. The maximum atomic E-state index is 12.2. The van der Waals surface area contributed by atoms with E-state index < -0.39 is 17.7 Å². The predicted octanol–water partition coefficient (Wildman–Crippen LogP) is 2.71. The summed E-state index contributed by atoms with van der Waals surface area (Å²) >= 11 is 3.08. The molecule has 0 aliphatic rings. The number of aromatic amines is 1. The van der Waals surface area contributed by atoms with Crippen LogP contribution in [0.4, 0.5) is 24.7 Å². The van der Waals surface area contributed by atoms with E-state index in [0.29, 0.717) is 5.69 Å². The van der Waals surface area contributed by atoms with Crippen molar-refractivity contribution < 1.29 is 22.5 Å². The second-order valence-corrected chi connectivity index (χ2v) is 5.02. The minimum absolute atomic E-state index is 0.0697. The maximum Gasteiger partial charge on any atom is 0.573 e. The summed E-state index contributed by atoms with van der Waals surface area (Å²) in [5.41, 5.74) is -0.155. The summed E-state index contributed by atoms with van der Waals surface area (Å²) in [5, 5.41) is 9.57. The van der Waals surface area contributed by atoms with E-state index in [1.165, 1.54) is 6.07 Å². The van der Waals surface area contributed by atoms with Gasteiger partial charge in [0.25, 0.3) is 5.56 Å². The van der Waals surface area contributed by atoms with Crippen LogP contribution >= 0.6 is 15.9 Å². The Labute approximate surface area is 132 Å². The van der Waals surface area contributed by atoms with Crippen molar-refractivity contribution in [2.45, 2.75) is 6.36 Å². The molecule has 8 nitrogen and oxygen atoms in total. The van der Waals surface area contributed by atoms with Crippen LogP contribution in [-0.4, -0.2) is 26.6 Å². The number of halogens is 4. The van der Waals surface area contributed by atoms with E-state index in [2.05, 4.69) is 50.9 Å². The normalized spacial score (nSPS) is 11.7. The molecular formula is C11H5BrF3N5O3. The van der Waals surface area contributed by atoms with E-state index in [-0.39, 0.29) is 21.6 Å². The number of fused-ring (bicyclic) bond motifs is 1. The zero-order chi connectivity index (χ0) is 16.6. The van der Waals surface area contributed by atoms with Gasteiger partial charge in [0.2, 0.25) is 11.3 Å². The van der Waals surface area contributed by atoms with Crippen molar-refractivity contribution in [3.63, 3.8) is 0 Å². The van der Waals surface area contributed by atoms with Crippen LogP contribution in [0.1, 0.15) is 0 Å². The van der Waals surface area contributed by atoms with Crippen LogP contribution in [-0.2, 0) is 0 Å². The Morgan fingerprint density at radius 1 is 1.30 bits per heavy atom. The maximum absolute atomic E-state index is 12.2. The van der Waals surface area contributed by atoms with Crippen LogP contribution in [0.25, 0.3) is 11.3 Å². The fourth-order valence-corrected chi connectivity index (χ4v) is 2.12. The summed E-state index contributed by atoms with van der Waals surface area (Å²) in [4.78, 5) is 18.1. The Kier molecular flexibility index (Phi) is 3.67. The smallest absolute Gasteiger partial charge is 0.406 e. The lowest BCUT2D eigenvalue weighted by atomic mass is 10.3. The van der Waals surface area contributed by atoms with Crippen molar-refractivity contribution in [2.75, 3.05) is 5.32 Å². The molecule has 0 amide bonds. The van der Waals surface area contributed by atoms with E-state index in [0.717, 1.165) is 12.1 Å². The van der Waals surface area contributed by atoms with E-state index in [9.17, 15) is 18.0 Å². The van der Waals surface area contributed by atoms with E-state index in [4.69, 9.17) is 0 Å². The van der Waals surface area contributed by atoms with Crippen molar-refractivity contribution in [1.29, 1.82) is 0 Å². The molecule has 0 radical (unpaired) electrons. The minimum Gasteiger partial charge on any atom is -0.406 e. The topological polar surface area (TPSA) is 106 Å². The molecule has 2 N–H and O–H groups in total. The molecule has 1 aromatic carbocycles. The Morgan fingerprint density at radius 2 is 2.09 bits per heavy atom. The molecule has 3 aromatic rings. The fourth-order valence-electron chi connectivity index (χ4n) is 1.67. The number of hydrogen-bond donors (Lipinski definition) is 2. The highest BCUT2D eigenvalue weighted by Gasteiger charge is 2.31. The number of H-pyrrole nitrogens is 1. The van der Waals surface area contributed by atoms with Gasteiger partial charge in [-0.2, -0.15) is 4.98 Å². The molecule has 23 heavy (non-hydrogen) atoms. The average molecular weight is 392 g/mol. The number of rotatable bonds is 3. The number of anilines is 2. The Hall–Kier alpha value is -2.63. The van der Waals surface area contributed by atoms with Gasteiger partial charge in [0, 0.05) is 4.47 Å². The number of nitrogens with zero attached hydrogens (tertiary/aromatic N) is 3. The molecule has 0 spiro atoms. The fraction of sp³-hybridized carbons (Fsp3) is 0.0909. The van der Waals surface area contributed by atoms with Crippen molar-refractivity contribution >= 4 is 38.7 Å². The van der Waals surface area contributed by atoms with Crippen molar-refractivity contribution in [3.8, 4) is 5.75 Å². The third-order valence-corrected chi connectivity index (χ3v) is 3.22. The standard InChI is InChI=1S/C11H5BrF3N5O3/c12-5-3-4(22-11(13,14)15)1-2-6(5)16-9-10(21)18-8-7(17-9)19-23-20-8/h1-3H,(H,16,17,19)(H,18,20,21). The number of benzene rings is 1. The zero-order valence-electron chi connectivity index (χ0n) is 10.8. The van der Waals surface area contributed by atoms with Gasteiger partial charge in [-0.05, 0) is 44.4 Å². The Morgan fingerprint density at radius 3 is 2.78 bits per heavy atom. The first-order valence-electron chi connectivity index (χ1n) is 5.87. The summed E-state index contributed by atoms with van der Waals surface area (Å²) in [6.07, 6.45) is -4.79. The quantitative estimate of drug-likeness (QED) is 0.706. The summed E-state index contributed by atoms with van der Waals surface area (Å²) in [6, 6.07) is 3.47. The zero-order valence-corrected chi connectivity index (χ0v) is 12.4. The van der Waals surface area contributed by atoms with Crippen LogP contribution in [0.15, 0.2) is 32.1 Å². The number of aromatic nitrogens is 4. The lowest BCUT2D eigenvalue weighted by molar-refractivity contribution is -0.274. The number of ether oxygens (including phenoxy) is 1. The van der Waals surface area contributed by atoms with Gasteiger partial charge in [0.1, 0.15) is 5.75 Å². The lowest BCUT2D eigenvalue weighted by Gasteiger charge is -2.11. The van der Waals surface area contributed by atoms with Gasteiger partial charge in [-0.25, -0.2) is 4.63 Å². The van der Waals surface area contributed by atoms with Crippen LogP contribution in [0.5, 0.6) is 5.75 Å². The predicted molar refractivity (Wildman–Crippen MR) is 74.3 cm³/mol. The first-order valence-corrected chi connectivity index (χ1v) is 6.66. The molecule has 3 rings (SSSR count). The van der Waals surface area contributed by atoms with Gasteiger partial charge in [0.15, 0.2) is 5.82 Å². The first kappa shape index (κ1) is 15.3. The van der Waals surface area contributed by atoms with Gasteiger partial charge in [-0.3, -0.25) is 9.78 Å². The highest BCUT2D eigenvalue weighted by molar-refractivity contribution is 9.10. The molecule has 0 fully saturated rings. The van der Waals surface area contributed by atoms with Crippen molar-refractivity contribution in [1.82, 2.24) is 20.3 Å². The van der Waals surface area contributed by atoms with Gasteiger partial charge >= 0.3 is 6.36 Å². The van der Waals surface area contributed by atoms with Gasteiger partial charge in [-0.15, -0.1) is 13.2 Å². The van der Waals surface area contributed by atoms with E-state index in [1.807, 2.05) is 0 Å². The molecule has 120 valence electrons. The molecule has 0 saturated heterocycles. The van der Waals surface area contributed by atoms with Crippen molar-refractivity contribution in [2.24, 2.45) is 0 Å². The lowest BCUT2D eigenvalue weighted by Crippen LogP contribution is -2.17. The van der Waals surface area contributed by atoms with Crippen molar-refractivity contribution in [3.05, 3.63) is 33.0 Å². The molecule has 0 aliphatic carbocycles. The van der Waals surface area contributed by atoms with Gasteiger partial charge in [-0.1, -0.05) is 0 Å². The summed E-state index contributed by atoms with van der Waals surface area (Å²) in [5.74, 6) is -0.536. The molecule has 0 unspecified atom stereocenters. The average Bonchev–Trinajstić information content (AvgIpc) is 2.87. The second-order valence-electron chi connectivity index (χ2n) is 4.17. The van der Waals surface area contributed by atoms with Crippen LogP contribution < -0.4 is 15.6 Å². The molecular weight excluding hydrogens is 387 g/mol. The summed E-state index contributed by atoms with van der Waals surface area (Å²) < 4.78 is 44.9. The highest BCUT2D eigenvalue weighted by Crippen LogP contribution is 2.31. The number of alkyl halides is 3. The van der Waals surface area contributed by atoms with Crippen LogP contribution in [0.3, 0.4) is 0 Å². The number of nitrogens with one attached hydrogen (secondary N) is 2. The van der Waals surface area contributed by atoms with E-state index >= 15 is 0 Å². The minimum atomic E-state index is -4.79. The SMILES string of the molecule is O=c1[nH]c2nonc2nc1Nc1ccc(OC(F)(F)F)cc1Br.